The number of hydrogen-bond donors (Lipinski definition) is 3. The predicted octanol–water partition coefficient (Wildman–Crippen LogP) is -0.725. The molecule has 2 saturated heterocycles. The fourth-order valence-electron chi connectivity index (χ4n) is 2.37. The van der Waals surface area contributed by atoms with Crippen LogP contribution in [0.25, 0.3) is 0 Å². The number of carbonyl (C=O) groups excluding carboxylic acids is 1. The second-order valence-corrected chi connectivity index (χ2v) is 5.11. The summed E-state index contributed by atoms with van der Waals surface area (Å²) in [5.41, 5.74) is -1.06. The van der Waals surface area contributed by atoms with E-state index < -0.39 is 23.8 Å². The summed E-state index contributed by atoms with van der Waals surface area (Å²) in [6, 6.07) is 0. The Labute approximate surface area is 110 Å². The van der Waals surface area contributed by atoms with E-state index in [9.17, 15) is 14.7 Å². The molecule has 0 bridgehead atoms. The molecule has 0 aliphatic carbocycles. The zero-order valence-electron chi connectivity index (χ0n) is 10.8. The van der Waals surface area contributed by atoms with E-state index in [4.69, 9.17) is 14.6 Å². The molecule has 2 aliphatic rings. The molecule has 7 heteroatoms. The molecule has 19 heavy (non-hydrogen) atoms. The van der Waals surface area contributed by atoms with Crippen molar-refractivity contribution in [3.8, 4) is 0 Å². The molecule has 0 aromatic carbocycles. The van der Waals surface area contributed by atoms with Gasteiger partial charge in [-0.25, -0.2) is 4.79 Å². The third-order valence-corrected chi connectivity index (χ3v) is 3.82. The summed E-state index contributed by atoms with van der Waals surface area (Å²) >= 11 is 0. The summed E-state index contributed by atoms with van der Waals surface area (Å²) < 4.78 is 10.4. The van der Waals surface area contributed by atoms with Crippen LogP contribution in [-0.2, 0) is 19.1 Å². The van der Waals surface area contributed by atoms with Crippen LogP contribution in [0.2, 0.25) is 0 Å². The van der Waals surface area contributed by atoms with Crippen LogP contribution in [0.4, 0.5) is 0 Å². The van der Waals surface area contributed by atoms with Crippen LogP contribution in [0.5, 0.6) is 0 Å². The van der Waals surface area contributed by atoms with Crippen molar-refractivity contribution in [3.63, 3.8) is 0 Å². The minimum absolute atomic E-state index is 0.0879. The summed E-state index contributed by atoms with van der Waals surface area (Å²) in [5.74, 6) is -1.43. The van der Waals surface area contributed by atoms with E-state index in [1.807, 2.05) is 0 Å². The van der Waals surface area contributed by atoms with E-state index in [0.29, 0.717) is 25.9 Å². The monoisotopic (exact) mass is 273 g/mol. The van der Waals surface area contributed by atoms with Crippen molar-refractivity contribution in [1.82, 2.24) is 5.32 Å². The first-order chi connectivity index (χ1) is 8.92. The lowest BCUT2D eigenvalue weighted by molar-refractivity contribution is -0.152. The highest BCUT2D eigenvalue weighted by molar-refractivity contribution is 5.82. The highest BCUT2D eigenvalue weighted by Gasteiger charge is 2.41. The van der Waals surface area contributed by atoms with Gasteiger partial charge >= 0.3 is 5.97 Å². The van der Waals surface area contributed by atoms with Crippen molar-refractivity contribution in [1.29, 1.82) is 0 Å². The van der Waals surface area contributed by atoms with Crippen LogP contribution < -0.4 is 5.32 Å². The van der Waals surface area contributed by atoms with Gasteiger partial charge in [0.15, 0.2) is 6.10 Å². The number of rotatable bonds is 4. The average Bonchev–Trinajstić information content (AvgIpc) is 2.96. The van der Waals surface area contributed by atoms with Gasteiger partial charge in [0.25, 0.3) is 0 Å². The Kier molecular flexibility index (Phi) is 4.07. The molecule has 2 rings (SSSR count). The third-order valence-electron chi connectivity index (χ3n) is 3.82. The first kappa shape index (κ1) is 14.2. The van der Waals surface area contributed by atoms with Crippen molar-refractivity contribution < 1.29 is 29.3 Å². The Balaban J connectivity index is 1.81. The second kappa shape index (κ2) is 5.44. The topological polar surface area (TPSA) is 105 Å². The van der Waals surface area contributed by atoms with Crippen molar-refractivity contribution in [3.05, 3.63) is 0 Å². The number of carboxylic acid groups (broad SMARTS) is 1. The van der Waals surface area contributed by atoms with Gasteiger partial charge < -0.3 is 25.0 Å². The molecule has 0 spiro atoms. The van der Waals surface area contributed by atoms with Crippen LogP contribution in [0.1, 0.15) is 26.2 Å². The van der Waals surface area contributed by atoms with Gasteiger partial charge in [0.05, 0.1) is 6.10 Å². The van der Waals surface area contributed by atoms with Gasteiger partial charge in [-0.3, -0.25) is 4.79 Å². The lowest BCUT2D eigenvalue weighted by atomic mass is 9.96. The SMILES string of the molecule is CC1OCCC1(O)CNC(=O)C1CCC(C(=O)O)O1. The zero-order chi connectivity index (χ0) is 14.0. The lowest BCUT2D eigenvalue weighted by Crippen LogP contribution is -2.49. The maximum absolute atomic E-state index is 11.8. The molecule has 0 saturated carbocycles. The Morgan fingerprint density at radius 3 is 2.58 bits per heavy atom. The number of nitrogens with one attached hydrogen (secondary N) is 1. The number of carbonyl (C=O) groups is 2. The molecule has 7 nitrogen and oxygen atoms in total. The molecule has 2 heterocycles. The number of ether oxygens (including phenoxy) is 2. The van der Waals surface area contributed by atoms with Crippen molar-refractivity contribution in [2.75, 3.05) is 13.2 Å². The fourth-order valence-corrected chi connectivity index (χ4v) is 2.37. The van der Waals surface area contributed by atoms with Crippen molar-refractivity contribution in [2.24, 2.45) is 0 Å². The average molecular weight is 273 g/mol. The summed E-state index contributed by atoms with van der Waals surface area (Å²) in [6.45, 7) is 2.31. The van der Waals surface area contributed by atoms with Crippen LogP contribution in [0.15, 0.2) is 0 Å². The molecule has 3 N–H and O–H groups in total. The molecular formula is C12H19NO6. The second-order valence-electron chi connectivity index (χ2n) is 5.11. The highest BCUT2D eigenvalue weighted by atomic mass is 16.5. The van der Waals surface area contributed by atoms with Gasteiger partial charge in [-0.15, -0.1) is 0 Å². The van der Waals surface area contributed by atoms with E-state index in [2.05, 4.69) is 5.32 Å². The van der Waals surface area contributed by atoms with Crippen LogP contribution in [0, 0.1) is 0 Å². The summed E-state index contributed by atoms with van der Waals surface area (Å²) in [7, 11) is 0. The molecule has 0 aromatic rings. The van der Waals surface area contributed by atoms with E-state index in [1.54, 1.807) is 6.92 Å². The van der Waals surface area contributed by atoms with Gasteiger partial charge in [0.1, 0.15) is 11.7 Å². The van der Waals surface area contributed by atoms with Crippen molar-refractivity contribution in [2.45, 2.75) is 50.1 Å². The minimum Gasteiger partial charge on any atom is -0.479 e. The molecule has 0 aromatic heterocycles. The Bertz CT molecular complexity index is 373. The molecule has 108 valence electrons. The number of amides is 1. The number of carboxylic acids is 1. The normalized spacial score (nSPS) is 38.3. The Morgan fingerprint density at radius 2 is 2.05 bits per heavy atom. The molecule has 2 fully saturated rings. The zero-order valence-corrected chi connectivity index (χ0v) is 10.8. The van der Waals surface area contributed by atoms with Crippen LogP contribution >= 0.6 is 0 Å². The third kappa shape index (κ3) is 3.05. The van der Waals surface area contributed by atoms with E-state index in [-0.39, 0.29) is 18.6 Å². The number of aliphatic carboxylic acids is 1. The summed E-state index contributed by atoms with van der Waals surface area (Å²) in [5, 5.41) is 21.6. The maximum Gasteiger partial charge on any atom is 0.332 e. The van der Waals surface area contributed by atoms with Gasteiger partial charge in [-0.2, -0.15) is 0 Å². The Hall–Kier alpha value is -1.18. The van der Waals surface area contributed by atoms with Gasteiger partial charge in [0, 0.05) is 19.6 Å². The van der Waals surface area contributed by atoms with Gasteiger partial charge in [-0.05, 0) is 19.8 Å². The van der Waals surface area contributed by atoms with Crippen LogP contribution in [0.3, 0.4) is 0 Å². The Morgan fingerprint density at radius 1 is 1.37 bits per heavy atom. The van der Waals surface area contributed by atoms with Gasteiger partial charge in [-0.1, -0.05) is 0 Å². The smallest absolute Gasteiger partial charge is 0.332 e. The molecule has 2 aliphatic heterocycles. The van der Waals surface area contributed by atoms with E-state index in [0.717, 1.165) is 0 Å². The largest absolute Gasteiger partial charge is 0.479 e. The molecule has 1 amide bonds. The number of hydrogen-bond acceptors (Lipinski definition) is 5. The lowest BCUT2D eigenvalue weighted by Gasteiger charge is -2.26. The maximum atomic E-state index is 11.8. The molecular weight excluding hydrogens is 254 g/mol. The van der Waals surface area contributed by atoms with Gasteiger partial charge in [0.2, 0.25) is 5.91 Å². The van der Waals surface area contributed by atoms with Crippen molar-refractivity contribution >= 4 is 11.9 Å². The van der Waals surface area contributed by atoms with E-state index in [1.165, 1.54) is 0 Å². The van der Waals surface area contributed by atoms with Crippen LogP contribution in [-0.4, -0.2) is 59.2 Å². The molecule has 4 unspecified atom stereocenters. The minimum atomic E-state index is -1.06. The summed E-state index contributed by atoms with van der Waals surface area (Å²) in [6.07, 6.45) is -0.804. The predicted molar refractivity (Wildman–Crippen MR) is 63.5 cm³/mol. The molecule has 0 radical (unpaired) electrons. The summed E-state index contributed by atoms with van der Waals surface area (Å²) in [4.78, 5) is 22.6. The highest BCUT2D eigenvalue weighted by Crippen LogP contribution is 2.25. The quantitative estimate of drug-likeness (QED) is 0.624. The first-order valence-corrected chi connectivity index (χ1v) is 6.42. The fraction of sp³-hybridized carbons (Fsp3) is 0.833. The van der Waals surface area contributed by atoms with E-state index >= 15 is 0 Å². The standard InChI is InChI=1S/C12H19NO6/c1-7-12(17,4-5-18-7)6-13-10(14)8-2-3-9(19-8)11(15)16/h7-9,17H,2-6H2,1H3,(H,13,14)(H,15,16). The number of aliphatic hydroxyl groups is 1. The molecule has 4 atom stereocenters. The first-order valence-electron chi connectivity index (χ1n) is 6.42.